The van der Waals surface area contributed by atoms with Crippen LogP contribution in [0.5, 0.6) is 0 Å². The molecule has 2 aromatic heterocycles. The summed E-state index contributed by atoms with van der Waals surface area (Å²) in [6.07, 6.45) is 5.44. The van der Waals surface area contributed by atoms with Gasteiger partial charge in [-0.15, -0.1) is 5.10 Å². The minimum atomic E-state index is -0.870. The van der Waals surface area contributed by atoms with Crippen LogP contribution in [0, 0.1) is 11.6 Å². The minimum absolute atomic E-state index is 0.321. The van der Waals surface area contributed by atoms with Crippen molar-refractivity contribution >= 4 is 17.1 Å². The molecule has 4 rings (SSSR count). The maximum atomic E-state index is 14.6. The molecule has 6 nitrogen and oxygen atoms in total. The van der Waals surface area contributed by atoms with E-state index < -0.39 is 17.2 Å². The van der Waals surface area contributed by atoms with Crippen molar-refractivity contribution in [3.8, 4) is 0 Å². The van der Waals surface area contributed by atoms with Crippen LogP contribution in [0.4, 0.5) is 8.78 Å². The molecule has 1 amide bonds. The number of fused-ring (bicyclic) bond motifs is 1. The first-order valence-electron chi connectivity index (χ1n) is 8.93. The minimum Gasteiger partial charge on any atom is -0.342 e. The van der Waals surface area contributed by atoms with Gasteiger partial charge in [0.15, 0.2) is 5.65 Å². The number of rotatable bonds is 3. The molecule has 27 heavy (non-hydrogen) atoms. The molecule has 2 heterocycles. The Bertz CT molecular complexity index is 1010. The molecule has 0 aliphatic heterocycles. The number of amides is 1. The molecule has 140 valence electrons. The summed E-state index contributed by atoms with van der Waals surface area (Å²) >= 11 is 0. The molecule has 0 unspecified atom stereocenters. The Kier molecular flexibility index (Phi) is 4.33. The summed E-state index contributed by atoms with van der Waals surface area (Å²) in [5, 5.41) is 11.0. The molecular weight excluding hydrogens is 352 g/mol. The average Bonchev–Trinajstić information content (AvgIpc) is 3.03. The Morgan fingerprint density at radius 3 is 2.70 bits per heavy atom. The van der Waals surface area contributed by atoms with Gasteiger partial charge in [0.2, 0.25) is 0 Å². The van der Waals surface area contributed by atoms with Crippen molar-refractivity contribution in [2.45, 2.75) is 37.6 Å². The standard InChI is InChI=1S/C19H19F2N5O/c1-26-17-16(24-25-26)13(7-10-22-17)18(27)23-19(8-3-2-4-9-19)14-6-5-12(20)11-15(14)21/h5-7,10-11H,2-4,8-9H2,1H3,(H,23,27). The second kappa shape index (κ2) is 6.68. The Morgan fingerprint density at radius 1 is 1.19 bits per heavy atom. The van der Waals surface area contributed by atoms with Gasteiger partial charge < -0.3 is 5.32 Å². The number of nitrogens with one attached hydrogen (secondary N) is 1. The van der Waals surface area contributed by atoms with E-state index in [2.05, 4.69) is 20.6 Å². The summed E-state index contributed by atoms with van der Waals surface area (Å²) in [6, 6.07) is 5.10. The predicted molar refractivity (Wildman–Crippen MR) is 94.9 cm³/mol. The quantitative estimate of drug-likeness (QED) is 0.767. The second-order valence-electron chi connectivity index (χ2n) is 6.96. The van der Waals surface area contributed by atoms with E-state index in [9.17, 15) is 13.6 Å². The smallest absolute Gasteiger partial charge is 0.254 e. The fourth-order valence-electron chi connectivity index (χ4n) is 3.89. The molecule has 1 aliphatic carbocycles. The van der Waals surface area contributed by atoms with Gasteiger partial charge in [-0.3, -0.25) is 4.79 Å². The van der Waals surface area contributed by atoms with Crippen LogP contribution in [0.3, 0.4) is 0 Å². The normalized spacial score (nSPS) is 16.4. The molecule has 0 bridgehead atoms. The van der Waals surface area contributed by atoms with Crippen LogP contribution in [0.25, 0.3) is 11.2 Å². The Morgan fingerprint density at radius 2 is 1.96 bits per heavy atom. The third-order valence-electron chi connectivity index (χ3n) is 5.24. The molecule has 1 saturated carbocycles. The highest BCUT2D eigenvalue weighted by atomic mass is 19.1. The molecule has 8 heteroatoms. The average molecular weight is 371 g/mol. The van der Waals surface area contributed by atoms with Crippen LogP contribution in [0.15, 0.2) is 30.5 Å². The van der Waals surface area contributed by atoms with Gasteiger partial charge in [0.1, 0.15) is 17.2 Å². The molecule has 0 atom stereocenters. The highest BCUT2D eigenvalue weighted by molar-refractivity contribution is 6.04. The van der Waals surface area contributed by atoms with Crippen LogP contribution in [0.1, 0.15) is 48.0 Å². The lowest BCUT2D eigenvalue weighted by atomic mass is 9.76. The van der Waals surface area contributed by atoms with E-state index in [1.165, 1.54) is 23.0 Å². The first kappa shape index (κ1) is 17.5. The zero-order valence-electron chi connectivity index (χ0n) is 14.9. The SMILES string of the molecule is Cn1nnc2c(C(=O)NC3(c4ccc(F)cc4F)CCCCC3)ccnc21. The van der Waals surface area contributed by atoms with Gasteiger partial charge in [-0.2, -0.15) is 0 Å². The summed E-state index contributed by atoms with van der Waals surface area (Å²) < 4.78 is 29.4. The number of halogens is 2. The number of benzene rings is 1. The highest BCUT2D eigenvalue weighted by Crippen LogP contribution is 2.39. The van der Waals surface area contributed by atoms with E-state index in [1.807, 2.05) is 0 Å². The first-order chi connectivity index (χ1) is 13.0. The Labute approximate surface area is 154 Å². The number of aryl methyl sites for hydroxylation is 1. The summed E-state index contributed by atoms with van der Waals surface area (Å²) in [4.78, 5) is 17.3. The Balaban J connectivity index is 1.74. The van der Waals surface area contributed by atoms with E-state index in [-0.39, 0.29) is 5.91 Å². The molecule has 1 N–H and O–H groups in total. The maximum Gasteiger partial charge on any atom is 0.254 e. The third kappa shape index (κ3) is 3.05. The van der Waals surface area contributed by atoms with Gasteiger partial charge in [-0.25, -0.2) is 18.4 Å². The number of hydrogen-bond donors (Lipinski definition) is 1. The molecular formula is C19H19F2N5O. The second-order valence-corrected chi connectivity index (χ2v) is 6.96. The number of nitrogens with zero attached hydrogens (tertiary/aromatic N) is 4. The molecule has 0 spiro atoms. The number of hydrogen-bond acceptors (Lipinski definition) is 4. The lowest BCUT2D eigenvalue weighted by Gasteiger charge is -2.39. The molecule has 3 aromatic rings. The number of pyridine rings is 1. The van der Waals surface area contributed by atoms with Gasteiger partial charge >= 0.3 is 0 Å². The van der Waals surface area contributed by atoms with Gasteiger partial charge in [-0.1, -0.05) is 30.5 Å². The van der Waals surface area contributed by atoms with Crippen molar-refractivity contribution in [1.29, 1.82) is 0 Å². The van der Waals surface area contributed by atoms with E-state index in [0.29, 0.717) is 35.1 Å². The van der Waals surface area contributed by atoms with Crippen LogP contribution in [-0.4, -0.2) is 25.9 Å². The zero-order chi connectivity index (χ0) is 19.0. The van der Waals surface area contributed by atoms with Crippen LogP contribution < -0.4 is 5.32 Å². The van der Waals surface area contributed by atoms with Crippen LogP contribution in [0.2, 0.25) is 0 Å². The molecule has 1 fully saturated rings. The van der Waals surface area contributed by atoms with Gasteiger partial charge in [-0.05, 0) is 25.0 Å². The maximum absolute atomic E-state index is 14.6. The van der Waals surface area contributed by atoms with E-state index >= 15 is 0 Å². The van der Waals surface area contributed by atoms with E-state index in [4.69, 9.17) is 0 Å². The fourth-order valence-corrected chi connectivity index (χ4v) is 3.89. The van der Waals surface area contributed by atoms with Crippen molar-refractivity contribution in [3.63, 3.8) is 0 Å². The van der Waals surface area contributed by atoms with Crippen molar-refractivity contribution in [2.75, 3.05) is 0 Å². The summed E-state index contributed by atoms with van der Waals surface area (Å²) in [5.41, 5.74) is 0.670. The highest BCUT2D eigenvalue weighted by Gasteiger charge is 2.38. The fraction of sp³-hybridized carbons (Fsp3) is 0.368. The van der Waals surface area contributed by atoms with Crippen molar-refractivity contribution in [1.82, 2.24) is 25.3 Å². The number of aromatic nitrogens is 4. The molecule has 0 saturated heterocycles. The van der Waals surface area contributed by atoms with Crippen LogP contribution in [-0.2, 0) is 12.6 Å². The van der Waals surface area contributed by atoms with Crippen molar-refractivity contribution in [3.05, 3.63) is 53.2 Å². The monoisotopic (exact) mass is 371 g/mol. The Hall–Kier alpha value is -2.90. The molecule has 0 radical (unpaired) electrons. The van der Waals surface area contributed by atoms with Crippen molar-refractivity contribution in [2.24, 2.45) is 7.05 Å². The zero-order valence-corrected chi connectivity index (χ0v) is 14.9. The van der Waals surface area contributed by atoms with Crippen molar-refractivity contribution < 1.29 is 13.6 Å². The lowest BCUT2D eigenvalue weighted by molar-refractivity contribution is 0.0864. The summed E-state index contributed by atoms with van der Waals surface area (Å²) in [6.45, 7) is 0. The molecule has 1 aromatic carbocycles. The molecule has 1 aliphatic rings. The number of carbonyl (C=O) groups is 1. The summed E-state index contributed by atoms with van der Waals surface area (Å²) in [5.74, 6) is -1.64. The van der Waals surface area contributed by atoms with Gasteiger partial charge in [0, 0.05) is 24.9 Å². The summed E-state index contributed by atoms with van der Waals surface area (Å²) in [7, 11) is 1.69. The number of carbonyl (C=O) groups excluding carboxylic acids is 1. The van der Waals surface area contributed by atoms with E-state index in [0.717, 1.165) is 25.3 Å². The lowest BCUT2D eigenvalue weighted by Crippen LogP contribution is -2.47. The van der Waals surface area contributed by atoms with E-state index in [1.54, 1.807) is 13.1 Å². The largest absolute Gasteiger partial charge is 0.342 e. The predicted octanol–water partition coefficient (Wildman–Crippen LogP) is 3.23. The first-order valence-corrected chi connectivity index (χ1v) is 8.93. The topological polar surface area (TPSA) is 72.7 Å². The third-order valence-corrected chi connectivity index (χ3v) is 5.24. The van der Waals surface area contributed by atoms with Gasteiger partial charge in [0.25, 0.3) is 5.91 Å². The van der Waals surface area contributed by atoms with Gasteiger partial charge in [0.05, 0.1) is 11.1 Å². The van der Waals surface area contributed by atoms with Crippen LogP contribution >= 0.6 is 0 Å².